The molecule has 3 N–H and O–H groups in total. The number of amides is 2. The van der Waals surface area contributed by atoms with Crippen molar-refractivity contribution >= 4 is 65.2 Å². The number of anilines is 2. The normalized spacial score (nSPS) is 22.1. The molecule has 3 saturated heterocycles. The zero-order chi connectivity index (χ0) is 23.2. The van der Waals surface area contributed by atoms with E-state index in [9.17, 15) is 9.59 Å². The Morgan fingerprint density at radius 3 is 2.03 bits per heavy atom. The molecule has 180 valence electrons. The lowest BCUT2D eigenvalue weighted by molar-refractivity contribution is -0.129. The van der Waals surface area contributed by atoms with Crippen LogP contribution in [0.15, 0.2) is 6.07 Å². The van der Waals surface area contributed by atoms with E-state index in [-0.39, 0.29) is 24.9 Å². The van der Waals surface area contributed by atoms with Gasteiger partial charge in [-0.3, -0.25) is 9.59 Å². The van der Waals surface area contributed by atoms with Crippen LogP contribution < -0.4 is 16.0 Å². The number of fused-ring (bicyclic) bond motifs is 3. The third kappa shape index (κ3) is 4.09. The summed E-state index contributed by atoms with van der Waals surface area (Å²) < 4.78 is 2.15. The van der Waals surface area contributed by atoms with Gasteiger partial charge in [-0.15, -0.1) is 0 Å². The Labute approximate surface area is 205 Å². The van der Waals surface area contributed by atoms with Crippen LogP contribution in [0, 0.1) is 18.8 Å². The molecule has 1 aromatic carbocycles. The lowest BCUT2D eigenvalue weighted by atomic mass is 10.0. The Morgan fingerprint density at radius 1 is 0.941 bits per heavy atom. The van der Waals surface area contributed by atoms with Crippen molar-refractivity contribution in [3.8, 4) is 0 Å². The van der Waals surface area contributed by atoms with Crippen LogP contribution in [0.3, 0.4) is 0 Å². The van der Waals surface area contributed by atoms with Crippen molar-refractivity contribution in [1.29, 1.82) is 0 Å². The first-order valence-corrected chi connectivity index (χ1v) is 13.6. The summed E-state index contributed by atoms with van der Waals surface area (Å²) in [6.45, 7) is 8.08. The van der Waals surface area contributed by atoms with Crippen LogP contribution in [-0.4, -0.2) is 83.9 Å². The molecule has 9 nitrogen and oxygen atoms in total. The average Bonchev–Trinajstić information content (AvgIpc) is 3.62. The van der Waals surface area contributed by atoms with Crippen molar-refractivity contribution in [2.75, 3.05) is 63.0 Å². The summed E-state index contributed by atoms with van der Waals surface area (Å²) in [5, 5.41) is 11.4. The second kappa shape index (κ2) is 8.94. The highest BCUT2D eigenvalue weighted by Crippen LogP contribution is 2.37. The van der Waals surface area contributed by atoms with Crippen LogP contribution >= 0.6 is 22.7 Å². The topological polar surface area (TPSA) is 102 Å². The third-order valence-corrected chi connectivity index (χ3v) is 9.18. The van der Waals surface area contributed by atoms with Crippen LogP contribution in [0.4, 0.5) is 10.3 Å². The van der Waals surface area contributed by atoms with Crippen LogP contribution in [0.1, 0.15) is 18.4 Å². The van der Waals surface area contributed by atoms with E-state index in [4.69, 9.17) is 9.97 Å². The molecule has 3 aliphatic heterocycles. The van der Waals surface area contributed by atoms with Gasteiger partial charge in [-0.2, -0.15) is 0 Å². The molecule has 6 rings (SSSR count). The number of carbonyl (C=O) groups excluding carboxylic acids is 2. The zero-order valence-corrected chi connectivity index (χ0v) is 20.9. The molecule has 2 amide bonds. The standard InChI is InChI=1S/C23H29N7O2S2/c1-13-20-16(33-22(27-20)25-9-18(31)29-4-2-3-5-29)6-17-21(13)28-23(34-17)26-10-19(32)30-11-14-7-24-8-15(14)12-30/h6,14-15,24H,2-5,7-12H2,1H3,(H,25,27)(H,26,28). The highest BCUT2D eigenvalue weighted by Gasteiger charge is 2.37. The first-order chi connectivity index (χ1) is 16.5. The highest BCUT2D eigenvalue weighted by atomic mass is 32.1. The minimum absolute atomic E-state index is 0.134. The molecule has 0 radical (unpaired) electrons. The van der Waals surface area contributed by atoms with E-state index in [2.05, 4.69) is 22.0 Å². The monoisotopic (exact) mass is 499 g/mol. The van der Waals surface area contributed by atoms with Gasteiger partial charge in [-0.1, -0.05) is 22.7 Å². The van der Waals surface area contributed by atoms with Crippen molar-refractivity contribution in [3.63, 3.8) is 0 Å². The first kappa shape index (κ1) is 22.0. The molecule has 2 unspecified atom stereocenters. The van der Waals surface area contributed by atoms with Gasteiger partial charge in [0.15, 0.2) is 10.3 Å². The third-order valence-electron chi connectivity index (χ3n) is 7.26. The Morgan fingerprint density at radius 2 is 1.47 bits per heavy atom. The molecule has 3 fully saturated rings. The largest absolute Gasteiger partial charge is 0.352 e. The molecule has 5 heterocycles. The van der Waals surface area contributed by atoms with Gasteiger partial charge in [0.1, 0.15) is 0 Å². The second-order valence-corrected chi connectivity index (χ2v) is 11.6. The van der Waals surface area contributed by atoms with Crippen molar-refractivity contribution in [1.82, 2.24) is 25.1 Å². The van der Waals surface area contributed by atoms with E-state index in [1.165, 1.54) is 0 Å². The number of hydrogen-bond donors (Lipinski definition) is 3. The molecule has 2 aromatic heterocycles. The van der Waals surface area contributed by atoms with Gasteiger partial charge in [0.25, 0.3) is 0 Å². The van der Waals surface area contributed by atoms with Gasteiger partial charge in [-0.05, 0) is 37.7 Å². The smallest absolute Gasteiger partial charge is 0.241 e. The summed E-state index contributed by atoms with van der Waals surface area (Å²) >= 11 is 3.13. The maximum atomic E-state index is 12.7. The van der Waals surface area contributed by atoms with E-state index < -0.39 is 0 Å². The Hall–Kier alpha value is -2.50. The van der Waals surface area contributed by atoms with Gasteiger partial charge in [0.05, 0.1) is 33.5 Å². The van der Waals surface area contributed by atoms with Crippen LogP contribution in [0.5, 0.6) is 0 Å². The number of nitrogens with zero attached hydrogens (tertiary/aromatic N) is 4. The van der Waals surface area contributed by atoms with Gasteiger partial charge in [0.2, 0.25) is 11.8 Å². The molecule has 3 aliphatic rings. The molecular weight excluding hydrogens is 470 g/mol. The number of carbonyl (C=O) groups is 2. The Bertz CT molecular complexity index is 1240. The molecule has 2 atom stereocenters. The zero-order valence-electron chi connectivity index (χ0n) is 19.2. The molecule has 0 saturated carbocycles. The number of rotatable bonds is 6. The minimum Gasteiger partial charge on any atom is -0.352 e. The van der Waals surface area contributed by atoms with E-state index in [1.54, 1.807) is 22.7 Å². The van der Waals surface area contributed by atoms with E-state index in [1.807, 2.05) is 16.7 Å². The lowest BCUT2D eigenvalue weighted by Crippen LogP contribution is -2.35. The van der Waals surface area contributed by atoms with Gasteiger partial charge < -0.3 is 25.8 Å². The number of hydrogen-bond acceptors (Lipinski definition) is 9. The summed E-state index contributed by atoms with van der Waals surface area (Å²) in [4.78, 5) is 38.4. The summed E-state index contributed by atoms with van der Waals surface area (Å²) in [5.74, 6) is 1.49. The molecule has 34 heavy (non-hydrogen) atoms. The fourth-order valence-corrected chi connectivity index (χ4v) is 7.33. The van der Waals surface area contributed by atoms with Crippen molar-refractivity contribution in [2.45, 2.75) is 19.8 Å². The fraction of sp³-hybridized carbons (Fsp3) is 0.565. The number of aryl methyl sites for hydroxylation is 1. The SMILES string of the molecule is Cc1c2nc(NCC(=O)N3CCCC3)sc2cc2sc(NCC(=O)N3CC4CNCC4C3)nc12. The lowest BCUT2D eigenvalue weighted by Gasteiger charge is -2.17. The van der Waals surface area contributed by atoms with Gasteiger partial charge in [0, 0.05) is 44.8 Å². The quantitative estimate of drug-likeness (QED) is 0.478. The average molecular weight is 500 g/mol. The summed E-state index contributed by atoms with van der Waals surface area (Å²) in [7, 11) is 0. The number of thiazole rings is 2. The van der Waals surface area contributed by atoms with Crippen LogP contribution in [0.25, 0.3) is 20.4 Å². The highest BCUT2D eigenvalue weighted by molar-refractivity contribution is 7.24. The molecule has 11 heteroatoms. The summed E-state index contributed by atoms with van der Waals surface area (Å²) in [6, 6.07) is 2.11. The summed E-state index contributed by atoms with van der Waals surface area (Å²) in [6.07, 6.45) is 2.19. The number of benzene rings is 1. The van der Waals surface area contributed by atoms with Crippen molar-refractivity contribution < 1.29 is 9.59 Å². The molecular formula is C23H29N7O2S2. The molecule has 3 aromatic rings. The van der Waals surface area contributed by atoms with Gasteiger partial charge in [-0.25, -0.2) is 9.97 Å². The number of aromatic nitrogens is 2. The Balaban J connectivity index is 1.12. The summed E-state index contributed by atoms with van der Waals surface area (Å²) in [5.41, 5.74) is 2.86. The van der Waals surface area contributed by atoms with Crippen LogP contribution in [-0.2, 0) is 9.59 Å². The van der Waals surface area contributed by atoms with Crippen molar-refractivity contribution in [2.24, 2.45) is 11.8 Å². The first-order valence-electron chi connectivity index (χ1n) is 12.0. The maximum Gasteiger partial charge on any atom is 0.241 e. The predicted molar refractivity (Wildman–Crippen MR) is 137 cm³/mol. The van der Waals surface area contributed by atoms with E-state index in [0.717, 1.165) is 88.4 Å². The van der Waals surface area contributed by atoms with Crippen molar-refractivity contribution in [3.05, 3.63) is 11.6 Å². The molecule has 0 spiro atoms. The fourth-order valence-electron chi connectivity index (χ4n) is 5.33. The molecule has 0 aliphatic carbocycles. The Kier molecular flexibility index (Phi) is 5.78. The van der Waals surface area contributed by atoms with E-state index in [0.29, 0.717) is 11.8 Å². The maximum absolute atomic E-state index is 12.7. The second-order valence-electron chi connectivity index (χ2n) is 9.51. The molecule has 0 bridgehead atoms. The number of nitrogens with one attached hydrogen (secondary N) is 3. The van der Waals surface area contributed by atoms with E-state index >= 15 is 0 Å². The number of likely N-dealkylation sites (tertiary alicyclic amines) is 2. The van der Waals surface area contributed by atoms with Crippen LogP contribution in [0.2, 0.25) is 0 Å². The predicted octanol–water partition coefficient (Wildman–Crippen LogP) is 2.34. The minimum atomic E-state index is 0.134. The van der Waals surface area contributed by atoms with Gasteiger partial charge >= 0.3 is 0 Å².